The lowest BCUT2D eigenvalue weighted by molar-refractivity contribution is -0.179. The molecular weight excluding hydrogens is 212 g/mol. The number of esters is 1. The Hall–Kier alpha value is -0.480. The van der Waals surface area contributed by atoms with Crippen LogP contribution in [0.4, 0.5) is 0 Å². The minimum Gasteiger partial charge on any atom is -0.431 e. The SMILES string of the molecule is C=CC(=O)OC1OCCCCSC1(C)C. The molecule has 1 rings (SSSR count). The molecule has 0 aromatic heterocycles. The average Bonchev–Trinajstić information content (AvgIpc) is 2.18. The Labute approximate surface area is 95.2 Å². The van der Waals surface area contributed by atoms with Gasteiger partial charge in [-0.2, -0.15) is 0 Å². The number of hydrogen-bond donors (Lipinski definition) is 0. The van der Waals surface area contributed by atoms with Crippen LogP contribution in [0.2, 0.25) is 0 Å². The van der Waals surface area contributed by atoms with Crippen molar-refractivity contribution in [2.75, 3.05) is 12.4 Å². The summed E-state index contributed by atoms with van der Waals surface area (Å²) in [7, 11) is 0. The van der Waals surface area contributed by atoms with Crippen molar-refractivity contribution in [2.24, 2.45) is 0 Å². The first kappa shape index (κ1) is 12.6. The standard InChI is InChI=1S/C11H18O3S/c1-4-9(12)14-10-11(2,3)15-8-6-5-7-13-10/h4,10H,1,5-8H2,2-3H3. The Morgan fingerprint density at radius 3 is 3.00 bits per heavy atom. The maximum Gasteiger partial charge on any atom is 0.332 e. The summed E-state index contributed by atoms with van der Waals surface area (Å²) < 4.78 is 10.6. The number of carbonyl (C=O) groups excluding carboxylic acids is 1. The number of rotatable bonds is 2. The summed E-state index contributed by atoms with van der Waals surface area (Å²) in [6, 6.07) is 0. The van der Waals surface area contributed by atoms with Gasteiger partial charge in [-0.3, -0.25) is 0 Å². The number of carbonyl (C=O) groups is 1. The Morgan fingerprint density at radius 1 is 1.60 bits per heavy atom. The smallest absolute Gasteiger partial charge is 0.332 e. The highest BCUT2D eigenvalue weighted by Gasteiger charge is 2.34. The summed E-state index contributed by atoms with van der Waals surface area (Å²) in [6.07, 6.45) is 2.86. The molecule has 0 aromatic rings. The van der Waals surface area contributed by atoms with E-state index in [4.69, 9.17) is 9.47 Å². The second kappa shape index (κ2) is 5.56. The van der Waals surface area contributed by atoms with Crippen LogP contribution in [0.5, 0.6) is 0 Å². The second-order valence-corrected chi connectivity index (χ2v) is 5.75. The largest absolute Gasteiger partial charge is 0.431 e. The lowest BCUT2D eigenvalue weighted by atomic mass is 10.2. The van der Waals surface area contributed by atoms with E-state index in [1.165, 1.54) is 6.08 Å². The van der Waals surface area contributed by atoms with Gasteiger partial charge in [0.25, 0.3) is 0 Å². The molecule has 3 nitrogen and oxygen atoms in total. The lowest BCUT2D eigenvalue weighted by Gasteiger charge is -2.34. The van der Waals surface area contributed by atoms with Crippen LogP contribution in [0.1, 0.15) is 26.7 Å². The molecule has 1 aliphatic heterocycles. The monoisotopic (exact) mass is 230 g/mol. The summed E-state index contributed by atoms with van der Waals surface area (Å²) in [5.74, 6) is 0.660. The Morgan fingerprint density at radius 2 is 2.33 bits per heavy atom. The van der Waals surface area contributed by atoms with Crippen molar-refractivity contribution < 1.29 is 14.3 Å². The van der Waals surface area contributed by atoms with Gasteiger partial charge >= 0.3 is 5.97 Å². The molecule has 1 fully saturated rings. The molecule has 1 heterocycles. The van der Waals surface area contributed by atoms with Crippen LogP contribution in [0.25, 0.3) is 0 Å². The predicted octanol–water partition coefficient (Wildman–Crippen LogP) is 2.36. The molecule has 86 valence electrons. The van der Waals surface area contributed by atoms with E-state index in [2.05, 4.69) is 6.58 Å². The van der Waals surface area contributed by atoms with Gasteiger partial charge < -0.3 is 9.47 Å². The molecule has 15 heavy (non-hydrogen) atoms. The van der Waals surface area contributed by atoms with Crippen molar-refractivity contribution in [1.29, 1.82) is 0 Å². The number of hydrogen-bond acceptors (Lipinski definition) is 4. The van der Waals surface area contributed by atoms with Crippen LogP contribution in [0.15, 0.2) is 12.7 Å². The maximum atomic E-state index is 11.1. The summed E-state index contributed by atoms with van der Waals surface area (Å²) >= 11 is 1.78. The van der Waals surface area contributed by atoms with E-state index < -0.39 is 12.3 Å². The topological polar surface area (TPSA) is 35.5 Å². The fourth-order valence-electron chi connectivity index (χ4n) is 1.33. The minimum atomic E-state index is -0.478. The summed E-state index contributed by atoms with van der Waals surface area (Å²) in [4.78, 5) is 11.1. The second-order valence-electron chi connectivity index (χ2n) is 4.00. The van der Waals surface area contributed by atoms with Crippen LogP contribution in [0, 0.1) is 0 Å². The molecule has 0 amide bonds. The zero-order valence-corrected chi connectivity index (χ0v) is 10.1. The molecule has 1 atom stereocenters. The minimum absolute atomic E-state index is 0.195. The van der Waals surface area contributed by atoms with Gasteiger partial charge in [0, 0.05) is 6.08 Å². The van der Waals surface area contributed by atoms with Gasteiger partial charge in [-0.1, -0.05) is 6.58 Å². The highest BCUT2D eigenvalue weighted by Crippen LogP contribution is 2.33. The summed E-state index contributed by atoms with van der Waals surface area (Å²) in [5, 5.41) is 0. The van der Waals surface area contributed by atoms with Gasteiger partial charge in [0.05, 0.1) is 11.4 Å². The maximum absolute atomic E-state index is 11.1. The van der Waals surface area contributed by atoms with Crippen LogP contribution in [-0.2, 0) is 14.3 Å². The van der Waals surface area contributed by atoms with E-state index in [1.54, 1.807) is 11.8 Å². The first-order valence-corrected chi connectivity index (χ1v) is 6.13. The fourth-order valence-corrected chi connectivity index (χ4v) is 2.45. The Bertz CT molecular complexity index is 238. The van der Waals surface area contributed by atoms with Crippen LogP contribution >= 0.6 is 11.8 Å². The third-order valence-electron chi connectivity index (χ3n) is 2.24. The fraction of sp³-hybridized carbons (Fsp3) is 0.727. The highest BCUT2D eigenvalue weighted by molar-refractivity contribution is 8.00. The quantitative estimate of drug-likeness (QED) is 0.539. The van der Waals surface area contributed by atoms with Gasteiger partial charge in [-0.25, -0.2) is 4.79 Å². The van der Waals surface area contributed by atoms with Crippen LogP contribution in [0.3, 0.4) is 0 Å². The third-order valence-corrected chi connectivity index (χ3v) is 3.67. The molecule has 0 N–H and O–H groups in total. The van der Waals surface area contributed by atoms with Crippen molar-refractivity contribution >= 4 is 17.7 Å². The molecule has 0 bridgehead atoms. The van der Waals surface area contributed by atoms with Gasteiger partial charge in [0.15, 0.2) is 0 Å². The third kappa shape index (κ3) is 3.87. The van der Waals surface area contributed by atoms with Crippen molar-refractivity contribution in [3.8, 4) is 0 Å². The molecule has 1 saturated heterocycles. The molecular formula is C11H18O3S. The first-order valence-electron chi connectivity index (χ1n) is 5.15. The summed E-state index contributed by atoms with van der Waals surface area (Å²) in [5.41, 5.74) is 0. The van der Waals surface area contributed by atoms with E-state index >= 15 is 0 Å². The molecule has 0 aromatic carbocycles. The van der Waals surface area contributed by atoms with Crippen molar-refractivity contribution in [3.05, 3.63) is 12.7 Å². The van der Waals surface area contributed by atoms with E-state index in [1.807, 2.05) is 13.8 Å². The first-order chi connectivity index (χ1) is 7.06. The number of thioether (sulfide) groups is 1. The zero-order valence-electron chi connectivity index (χ0n) is 9.32. The van der Waals surface area contributed by atoms with Crippen molar-refractivity contribution in [2.45, 2.75) is 37.7 Å². The van der Waals surface area contributed by atoms with Gasteiger partial charge in [0.1, 0.15) is 0 Å². The normalized spacial score (nSPS) is 26.1. The molecule has 0 aliphatic carbocycles. The van der Waals surface area contributed by atoms with Crippen molar-refractivity contribution in [3.63, 3.8) is 0 Å². The van der Waals surface area contributed by atoms with E-state index in [0.717, 1.165) is 18.6 Å². The zero-order chi connectivity index (χ0) is 11.3. The van der Waals surface area contributed by atoms with Gasteiger partial charge in [0.2, 0.25) is 6.29 Å². The van der Waals surface area contributed by atoms with Gasteiger partial charge in [-0.05, 0) is 32.4 Å². The van der Waals surface area contributed by atoms with Crippen LogP contribution in [-0.4, -0.2) is 29.4 Å². The van der Waals surface area contributed by atoms with E-state index in [-0.39, 0.29) is 4.75 Å². The lowest BCUT2D eigenvalue weighted by Crippen LogP contribution is -2.40. The Kier molecular flexibility index (Phi) is 4.67. The molecule has 0 radical (unpaired) electrons. The molecule has 4 heteroatoms. The molecule has 1 aliphatic rings. The average molecular weight is 230 g/mol. The number of ether oxygens (including phenoxy) is 2. The van der Waals surface area contributed by atoms with Crippen molar-refractivity contribution in [1.82, 2.24) is 0 Å². The molecule has 0 spiro atoms. The van der Waals surface area contributed by atoms with E-state index in [0.29, 0.717) is 6.61 Å². The predicted molar refractivity (Wildman–Crippen MR) is 61.8 cm³/mol. The molecule has 0 saturated carbocycles. The summed E-state index contributed by atoms with van der Waals surface area (Å²) in [6.45, 7) is 8.09. The van der Waals surface area contributed by atoms with Crippen LogP contribution < -0.4 is 0 Å². The highest BCUT2D eigenvalue weighted by atomic mass is 32.2. The van der Waals surface area contributed by atoms with Gasteiger partial charge in [-0.15, -0.1) is 11.8 Å². The van der Waals surface area contributed by atoms with E-state index in [9.17, 15) is 4.79 Å². The molecule has 1 unspecified atom stereocenters. The Balaban J connectivity index is 2.62.